The highest BCUT2D eigenvalue weighted by molar-refractivity contribution is 5.88. The highest BCUT2D eigenvalue weighted by Gasteiger charge is 2.36. The lowest BCUT2D eigenvalue weighted by atomic mass is 10.00. The summed E-state index contributed by atoms with van der Waals surface area (Å²) < 4.78 is 14.2. The number of nitrogens with one attached hydrogen (secondary N) is 3. The van der Waals surface area contributed by atoms with E-state index < -0.39 is 5.67 Å². The van der Waals surface area contributed by atoms with Gasteiger partial charge in [-0.05, 0) is 36.3 Å². The zero-order valence-corrected chi connectivity index (χ0v) is 16.1. The van der Waals surface area contributed by atoms with Gasteiger partial charge in [0.05, 0.1) is 24.6 Å². The van der Waals surface area contributed by atoms with Gasteiger partial charge in [-0.1, -0.05) is 18.7 Å². The average Bonchev–Trinajstić information content (AvgIpc) is 3.56. The topological polar surface area (TPSA) is 74.8 Å². The van der Waals surface area contributed by atoms with Crippen molar-refractivity contribution in [3.63, 3.8) is 0 Å². The predicted octanol–water partition coefficient (Wildman–Crippen LogP) is 3.75. The maximum atomic E-state index is 14.2. The molecule has 5 rings (SSSR count). The molecule has 1 aromatic carbocycles. The van der Waals surface area contributed by atoms with Gasteiger partial charge in [0.2, 0.25) is 0 Å². The number of pyridine rings is 1. The second-order valence-corrected chi connectivity index (χ2v) is 7.95. The van der Waals surface area contributed by atoms with Crippen molar-refractivity contribution in [1.29, 1.82) is 0 Å². The van der Waals surface area contributed by atoms with Crippen molar-refractivity contribution in [3.8, 4) is 11.3 Å². The third kappa shape index (κ3) is 3.91. The van der Waals surface area contributed by atoms with E-state index in [1.165, 1.54) is 12.8 Å². The number of hydrogen-bond acceptors (Lipinski definition) is 6. The Bertz CT molecular complexity index is 1070. The lowest BCUT2D eigenvalue weighted by molar-refractivity contribution is 0.106. The summed E-state index contributed by atoms with van der Waals surface area (Å²) in [6.45, 7) is 5.07. The first-order valence-electron chi connectivity index (χ1n) is 9.90. The highest BCUT2D eigenvalue weighted by atomic mass is 19.1. The van der Waals surface area contributed by atoms with Crippen LogP contribution in [-0.2, 0) is 0 Å². The molecule has 3 N–H and O–H groups in total. The number of hydrogen-bond donors (Lipinski definition) is 3. The fourth-order valence-corrected chi connectivity index (χ4v) is 3.43. The van der Waals surface area contributed by atoms with Crippen LogP contribution in [0.2, 0.25) is 0 Å². The van der Waals surface area contributed by atoms with Crippen LogP contribution in [0.25, 0.3) is 22.0 Å². The normalized spacial score (nSPS) is 17.6. The molecule has 1 saturated heterocycles. The quantitative estimate of drug-likeness (QED) is 0.571. The maximum Gasteiger partial charge on any atom is 0.152 e. The smallest absolute Gasteiger partial charge is 0.152 e. The average molecular weight is 390 g/mol. The summed E-state index contributed by atoms with van der Waals surface area (Å²) in [5, 5.41) is 11.4. The van der Waals surface area contributed by atoms with Crippen LogP contribution in [0.3, 0.4) is 0 Å². The summed E-state index contributed by atoms with van der Waals surface area (Å²) in [5.41, 5.74) is 1.52. The van der Waals surface area contributed by atoms with E-state index in [9.17, 15) is 4.39 Å². The summed E-state index contributed by atoms with van der Waals surface area (Å²) in [4.78, 5) is 13.4. The van der Waals surface area contributed by atoms with Crippen LogP contribution >= 0.6 is 0 Å². The lowest BCUT2D eigenvalue weighted by Gasteiger charge is -2.35. The molecule has 2 fully saturated rings. The Hall–Kier alpha value is -3.06. The van der Waals surface area contributed by atoms with E-state index >= 15 is 0 Å². The van der Waals surface area contributed by atoms with E-state index in [4.69, 9.17) is 0 Å². The number of alkyl halides is 1. The molecule has 1 aliphatic carbocycles. The molecule has 29 heavy (non-hydrogen) atoms. The van der Waals surface area contributed by atoms with Crippen molar-refractivity contribution >= 4 is 22.4 Å². The first-order chi connectivity index (χ1) is 14.1. The lowest BCUT2D eigenvalue weighted by Crippen LogP contribution is -2.59. The summed E-state index contributed by atoms with van der Waals surface area (Å²) in [6, 6.07) is 8.12. The largest absolute Gasteiger partial charge is 0.365 e. The molecular formula is C22H23FN6. The van der Waals surface area contributed by atoms with E-state index in [2.05, 4.69) is 43.5 Å². The summed E-state index contributed by atoms with van der Waals surface area (Å²) in [6.07, 6.45) is 7.60. The number of benzene rings is 1. The summed E-state index contributed by atoms with van der Waals surface area (Å²) in [7, 11) is 0. The van der Waals surface area contributed by atoms with Crippen LogP contribution in [0.4, 0.5) is 16.0 Å². The van der Waals surface area contributed by atoms with Gasteiger partial charge in [-0.25, -0.2) is 14.4 Å². The SMILES string of the molecule is C=C(Nc1cc2cc(-c3cncc(NCC4(F)CNC4)n3)ccc2cn1)C1CC1. The van der Waals surface area contributed by atoms with Crippen LogP contribution in [0.5, 0.6) is 0 Å². The molecule has 1 saturated carbocycles. The number of aromatic nitrogens is 3. The Morgan fingerprint density at radius 3 is 2.76 bits per heavy atom. The molecule has 148 valence electrons. The van der Waals surface area contributed by atoms with Gasteiger partial charge in [-0.3, -0.25) is 4.98 Å². The predicted molar refractivity (Wildman–Crippen MR) is 113 cm³/mol. The van der Waals surface area contributed by atoms with Crippen LogP contribution < -0.4 is 16.0 Å². The van der Waals surface area contributed by atoms with Crippen molar-refractivity contribution in [1.82, 2.24) is 20.3 Å². The van der Waals surface area contributed by atoms with E-state index in [0.29, 0.717) is 24.8 Å². The minimum Gasteiger partial charge on any atom is -0.365 e. The zero-order chi connectivity index (χ0) is 19.8. The number of halogens is 1. The fourth-order valence-electron chi connectivity index (χ4n) is 3.43. The molecule has 7 heteroatoms. The Morgan fingerprint density at radius 1 is 1.14 bits per heavy atom. The van der Waals surface area contributed by atoms with Gasteiger partial charge < -0.3 is 16.0 Å². The summed E-state index contributed by atoms with van der Waals surface area (Å²) >= 11 is 0. The molecule has 0 bridgehead atoms. The Kier molecular flexibility index (Phi) is 4.39. The third-order valence-corrected chi connectivity index (χ3v) is 5.48. The molecule has 3 aromatic rings. The monoisotopic (exact) mass is 390 g/mol. The molecule has 1 aliphatic heterocycles. The molecule has 0 atom stereocenters. The molecule has 0 amide bonds. The molecule has 3 heterocycles. The van der Waals surface area contributed by atoms with Crippen molar-refractivity contribution in [2.75, 3.05) is 30.3 Å². The first kappa shape index (κ1) is 18.0. The minimum atomic E-state index is -1.21. The molecule has 0 radical (unpaired) electrons. The van der Waals surface area contributed by atoms with Gasteiger partial charge in [0.25, 0.3) is 0 Å². The van der Waals surface area contributed by atoms with Crippen LogP contribution in [0.1, 0.15) is 12.8 Å². The molecular weight excluding hydrogens is 367 g/mol. The van der Waals surface area contributed by atoms with Crippen LogP contribution in [0, 0.1) is 5.92 Å². The Morgan fingerprint density at radius 2 is 2.00 bits per heavy atom. The van der Waals surface area contributed by atoms with Crippen molar-refractivity contribution in [3.05, 3.63) is 55.1 Å². The standard InChI is InChI=1S/C22H23FN6/c1-14(15-2-3-15)28-20-7-18-6-16(4-5-17(18)8-26-20)19-9-24-10-21(29-19)27-13-22(23)11-25-12-22/h4-10,15,25H,1-3,11-13H2,(H,26,28)(H,27,29). The minimum absolute atomic E-state index is 0.224. The molecule has 2 aliphatic rings. The van der Waals surface area contributed by atoms with E-state index in [0.717, 1.165) is 33.5 Å². The molecule has 6 nitrogen and oxygen atoms in total. The Balaban J connectivity index is 1.37. The van der Waals surface area contributed by atoms with E-state index in [1.54, 1.807) is 12.4 Å². The van der Waals surface area contributed by atoms with Gasteiger partial charge >= 0.3 is 0 Å². The van der Waals surface area contributed by atoms with E-state index in [-0.39, 0.29) is 6.54 Å². The molecule has 0 spiro atoms. The van der Waals surface area contributed by atoms with Gasteiger partial charge in [0.15, 0.2) is 5.67 Å². The number of anilines is 2. The number of nitrogens with zero attached hydrogens (tertiary/aromatic N) is 3. The maximum absolute atomic E-state index is 14.2. The van der Waals surface area contributed by atoms with E-state index in [1.807, 2.05) is 24.4 Å². The number of rotatable bonds is 7. The third-order valence-electron chi connectivity index (χ3n) is 5.48. The van der Waals surface area contributed by atoms with Crippen LogP contribution in [-0.4, -0.2) is 40.3 Å². The number of fused-ring (bicyclic) bond motifs is 1. The Labute approximate surface area is 168 Å². The highest BCUT2D eigenvalue weighted by Crippen LogP contribution is 2.36. The van der Waals surface area contributed by atoms with Crippen molar-refractivity contribution < 1.29 is 4.39 Å². The molecule has 0 unspecified atom stereocenters. The second kappa shape index (κ2) is 7.08. The fraction of sp³-hybridized carbons (Fsp3) is 0.318. The first-order valence-corrected chi connectivity index (χ1v) is 9.90. The van der Waals surface area contributed by atoms with Gasteiger partial charge in [-0.2, -0.15) is 0 Å². The zero-order valence-electron chi connectivity index (χ0n) is 16.1. The molecule has 2 aromatic heterocycles. The van der Waals surface area contributed by atoms with Crippen molar-refractivity contribution in [2.45, 2.75) is 18.5 Å². The van der Waals surface area contributed by atoms with Gasteiger partial charge in [0, 0.05) is 35.9 Å². The second-order valence-electron chi connectivity index (χ2n) is 7.95. The van der Waals surface area contributed by atoms with Gasteiger partial charge in [0.1, 0.15) is 11.6 Å². The van der Waals surface area contributed by atoms with Crippen molar-refractivity contribution in [2.24, 2.45) is 5.92 Å². The number of allylic oxidation sites excluding steroid dienone is 1. The van der Waals surface area contributed by atoms with Gasteiger partial charge in [-0.15, -0.1) is 0 Å². The summed E-state index contributed by atoms with van der Waals surface area (Å²) in [5.74, 6) is 1.95. The van der Waals surface area contributed by atoms with Crippen LogP contribution in [0.15, 0.2) is 55.1 Å².